The Morgan fingerprint density at radius 3 is 2.89 bits per heavy atom. The van der Waals surface area contributed by atoms with Gasteiger partial charge in [-0.05, 0) is 18.2 Å². The number of rotatable bonds is 5. The number of nitrogens with zero attached hydrogens (tertiary/aromatic N) is 7. The van der Waals surface area contributed by atoms with Crippen molar-refractivity contribution < 1.29 is 18.7 Å². The molecule has 1 unspecified atom stereocenters. The maximum absolute atomic E-state index is 14.6. The summed E-state index contributed by atoms with van der Waals surface area (Å²) in [4.78, 5) is 25.8. The van der Waals surface area contributed by atoms with Gasteiger partial charge in [-0.15, -0.1) is 5.10 Å². The fourth-order valence-corrected chi connectivity index (χ4v) is 2.98. The smallest absolute Gasteiger partial charge is 0.414 e. The highest BCUT2D eigenvalue weighted by atomic mass is 19.1. The standard InChI is InChI=1S/C16H16FN7O3/c17-14-7-12(1-2-15(14)21-5-6-23(11-25)19-10-21)24-9-13(27-16(24)26)8-22-4-3-18-20-22/h1-4,7,10-11,13H,5-6,8-9H2. The SMILES string of the molecule is O=CN1CCN(c2ccc(N3CC(Cn4ccnn4)OC3=O)cc2F)C=N1. The second kappa shape index (κ2) is 7.02. The predicted molar refractivity (Wildman–Crippen MR) is 92.6 cm³/mol. The Balaban J connectivity index is 1.47. The molecule has 0 aliphatic carbocycles. The molecule has 10 nitrogen and oxygen atoms in total. The summed E-state index contributed by atoms with van der Waals surface area (Å²) in [5.41, 5.74) is 0.727. The Morgan fingerprint density at radius 1 is 1.33 bits per heavy atom. The number of hydrazone groups is 1. The number of benzene rings is 1. The zero-order valence-electron chi connectivity index (χ0n) is 14.2. The van der Waals surface area contributed by atoms with Crippen molar-refractivity contribution in [1.82, 2.24) is 20.0 Å². The maximum Gasteiger partial charge on any atom is 0.414 e. The van der Waals surface area contributed by atoms with Crippen LogP contribution in [0.5, 0.6) is 0 Å². The average molecular weight is 373 g/mol. The van der Waals surface area contributed by atoms with Gasteiger partial charge in [-0.3, -0.25) is 9.69 Å². The molecular weight excluding hydrogens is 357 g/mol. The number of amides is 2. The molecule has 0 spiro atoms. The van der Waals surface area contributed by atoms with Crippen LogP contribution in [0, 0.1) is 5.82 Å². The quantitative estimate of drug-likeness (QED) is 0.715. The van der Waals surface area contributed by atoms with Gasteiger partial charge in [-0.25, -0.2) is 18.9 Å². The first-order valence-electron chi connectivity index (χ1n) is 8.28. The van der Waals surface area contributed by atoms with Gasteiger partial charge in [0.1, 0.15) is 18.3 Å². The molecule has 0 radical (unpaired) electrons. The number of hydrogen-bond donors (Lipinski definition) is 0. The molecule has 0 saturated carbocycles. The van der Waals surface area contributed by atoms with Gasteiger partial charge >= 0.3 is 6.09 Å². The first kappa shape index (κ1) is 16.9. The number of ether oxygens (including phenoxy) is 1. The van der Waals surface area contributed by atoms with Gasteiger partial charge in [-0.2, -0.15) is 5.10 Å². The molecule has 27 heavy (non-hydrogen) atoms. The van der Waals surface area contributed by atoms with Crippen LogP contribution < -0.4 is 9.80 Å². The largest absolute Gasteiger partial charge is 0.442 e. The number of anilines is 2. The van der Waals surface area contributed by atoms with Crippen molar-refractivity contribution in [3.8, 4) is 0 Å². The van der Waals surface area contributed by atoms with Crippen LogP contribution in [0.2, 0.25) is 0 Å². The van der Waals surface area contributed by atoms with E-state index >= 15 is 0 Å². The summed E-state index contributed by atoms with van der Waals surface area (Å²) in [5.74, 6) is -0.494. The molecule has 11 heteroatoms. The Morgan fingerprint density at radius 2 is 2.22 bits per heavy atom. The van der Waals surface area contributed by atoms with Gasteiger partial charge in [0.2, 0.25) is 6.41 Å². The van der Waals surface area contributed by atoms with Crippen molar-refractivity contribution in [2.75, 3.05) is 29.4 Å². The van der Waals surface area contributed by atoms with Gasteiger partial charge in [0, 0.05) is 12.7 Å². The molecule has 140 valence electrons. The van der Waals surface area contributed by atoms with Gasteiger partial charge in [0.15, 0.2) is 0 Å². The van der Waals surface area contributed by atoms with Crippen molar-refractivity contribution >= 4 is 30.2 Å². The van der Waals surface area contributed by atoms with Crippen LogP contribution in [-0.2, 0) is 16.1 Å². The van der Waals surface area contributed by atoms with Crippen molar-refractivity contribution in [1.29, 1.82) is 0 Å². The number of carbonyl (C=O) groups excluding carboxylic acids is 2. The molecule has 2 aliphatic rings. The summed E-state index contributed by atoms with van der Waals surface area (Å²) in [5, 5.41) is 12.7. The first-order chi connectivity index (χ1) is 13.1. The Labute approximate surface area is 153 Å². The van der Waals surface area contributed by atoms with E-state index in [0.717, 1.165) is 0 Å². The van der Waals surface area contributed by atoms with Crippen molar-refractivity contribution in [3.05, 3.63) is 36.4 Å². The number of halogens is 1. The summed E-state index contributed by atoms with van der Waals surface area (Å²) in [7, 11) is 0. The Kier molecular flexibility index (Phi) is 4.40. The lowest BCUT2D eigenvalue weighted by Crippen LogP contribution is -2.37. The van der Waals surface area contributed by atoms with Crippen molar-refractivity contribution in [2.45, 2.75) is 12.6 Å². The highest BCUT2D eigenvalue weighted by Crippen LogP contribution is 2.28. The normalized spacial score (nSPS) is 19.5. The summed E-state index contributed by atoms with van der Waals surface area (Å²) < 4.78 is 21.5. The molecule has 0 bridgehead atoms. The number of hydrogen-bond acceptors (Lipinski definition) is 7. The molecule has 1 fully saturated rings. The molecule has 2 amide bonds. The van der Waals surface area contributed by atoms with E-state index < -0.39 is 18.0 Å². The van der Waals surface area contributed by atoms with E-state index in [1.54, 1.807) is 34.1 Å². The van der Waals surface area contributed by atoms with Crippen LogP contribution in [0.15, 0.2) is 35.7 Å². The second-order valence-corrected chi connectivity index (χ2v) is 6.07. The van der Waals surface area contributed by atoms with E-state index in [-0.39, 0.29) is 6.54 Å². The molecule has 1 aromatic carbocycles. The van der Waals surface area contributed by atoms with E-state index in [9.17, 15) is 14.0 Å². The van der Waals surface area contributed by atoms with Crippen LogP contribution >= 0.6 is 0 Å². The van der Waals surface area contributed by atoms with Crippen LogP contribution in [0.4, 0.5) is 20.6 Å². The van der Waals surface area contributed by atoms with Gasteiger partial charge in [0.25, 0.3) is 0 Å². The third kappa shape index (κ3) is 3.43. The van der Waals surface area contributed by atoms with Gasteiger partial charge in [0.05, 0.1) is 37.2 Å². The fourth-order valence-electron chi connectivity index (χ4n) is 2.98. The van der Waals surface area contributed by atoms with E-state index in [4.69, 9.17) is 4.74 Å². The highest BCUT2D eigenvalue weighted by molar-refractivity contribution is 5.90. The second-order valence-electron chi connectivity index (χ2n) is 6.07. The van der Waals surface area contributed by atoms with E-state index in [2.05, 4.69) is 15.4 Å². The number of carbonyl (C=O) groups is 2. The summed E-state index contributed by atoms with van der Waals surface area (Å²) in [6.07, 6.45) is 4.30. The fraction of sp³-hybridized carbons (Fsp3) is 0.312. The topological polar surface area (TPSA) is 96.2 Å². The molecule has 1 aromatic heterocycles. The monoisotopic (exact) mass is 373 g/mol. The molecule has 0 N–H and O–H groups in total. The first-order valence-corrected chi connectivity index (χ1v) is 8.28. The minimum atomic E-state index is -0.534. The lowest BCUT2D eigenvalue weighted by atomic mass is 10.2. The minimum Gasteiger partial charge on any atom is -0.442 e. The van der Waals surface area contributed by atoms with Crippen molar-refractivity contribution in [2.24, 2.45) is 5.10 Å². The Bertz CT molecular complexity index is 873. The third-order valence-corrected chi connectivity index (χ3v) is 4.32. The van der Waals surface area contributed by atoms with E-state index in [1.165, 1.54) is 22.3 Å². The molecule has 3 heterocycles. The Hall–Kier alpha value is -3.50. The van der Waals surface area contributed by atoms with Crippen LogP contribution in [-0.4, -0.2) is 64.6 Å². The molecular formula is C16H16FN7O3. The molecule has 2 aliphatic heterocycles. The number of cyclic esters (lactones) is 1. The zero-order valence-corrected chi connectivity index (χ0v) is 14.2. The summed E-state index contributed by atoms with van der Waals surface area (Å²) in [6.45, 7) is 1.45. The average Bonchev–Trinajstić information content (AvgIpc) is 3.31. The lowest BCUT2D eigenvalue weighted by Gasteiger charge is -2.27. The van der Waals surface area contributed by atoms with Crippen LogP contribution in [0.3, 0.4) is 0 Å². The molecule has 4 rings (SSSR count). The molecule has 2 aromatic rings. The van der Waals surface area contributed by atoms with Crippen molar-refractivity contribution in [3.63, 3.8) is 0 Å². The van der Waals surface area contributed by atoms with Gasteiger partial charge in [-0.1, -0.05) is 5.21 Å². The lowest BCUT2D eigenvalue weighted by molar-refractivity contribution is -0.118. The zero-order chi connectivity index (χ0) is 18.8. The van der Waals surface area contributed by atoms with Gasteiger partial charge < -0.3 is 9.64 Å². The highest BCUT2D eigenvalue weighted by Gasteiger charge is 2.33. The van der Waals surface area contributed by atoms with Crippen LogP contribution in [0.1, 0.15) is 0 Å². The van der Waals surface area contributed by atoms with E-state index in [0.29, 0.717) is 37.4 Å². The summed E-state index contributed by atoms with van der Waals surface area (Å²) >= 11 is 0. The van der Waals surface area contributed by atoms with E-state index in [1.807, 2.05) is 0 Å². The molecule has 1 saturated heterocycles. The minimum absolute atomic E-state index is 0.289. The third-order valence-electron chi connectivity index (χ3n) is 4.32. The predicted octanol–water partition coefficient (Wildman–Crippen LogP) is 0.664. The number of aromatic nitrogens is 3. The van der Waals surface area contributed by atoms with Crippen LogP contribution in [0.25, 0.3) is 0 Å². The summed E-state index contributed by atoms with van der Waals surface area (Å²) in [6, 6.07) is 4.51. The maximum atomic E-state index is 14.6. The molecule has 1 atom stereocenters.